The van der Waals surface area contributed by atoms with E-state index in [4.69, 9.17) is 0 Å². The molecule has 0 aromatic heterocycles. The largest absolute Gasteiger partial charge is 0.387 e. The van der Waals surface area contributed by atoms with Crippen molar-refractivity contribution in [2.24, 2.45) is 0 Å². The van der Waals surface area contributed by atoms with Gasteiger partial charge in [0.25, 0.3) is 0 Å². The second-order valence-electron chi connectivity index (χ2n) is 2.27. The number of thiol groups is 1. The van der Waals surface area contributed by atoms with E-state index in [2.05, 4.69) is 30.9 Å². The Morgan fingerprint density at radius 2 is 1.83 bits per heavy atom. The van der Waals surface area contributed by atoms with Gasteiger partial charge in [-0.05, 0) is 24.6 Å². The minimum absolute atomic E-state index is 0.994. The molecular weight excluding hydrogens is 166 g/mol. The van der Waals surface area contributed by atoms with Crippen molar-refractivity contribution in [3.8, 4) is 0 Å². The Morgan fingerprint density at radius 3 is 2.25 bits per heavy atom. The maximum absolute atomic E-state index is 4.26. The molecule has 0 atom stereocenters. The van der Waals surface area contributed by atoms with Crippen molar-refractivity contribution < 1.29 is 0 Å². The molecule has 0 saturated carbocycles. The van der Waals surface area contributed by atoms with Crippen LogP contribution in [-0.2, 0) is 0 Å². The van der Waals surface area contributed by atoms with E-state index < -0.39 is 0 Å². The zero-order valence-electron chi connectivity index (χ0n) is 8.18. The summed E-state index contributed by atoms with van der Waals surface area (Å²) in [7, 11) is 1.90. The zero-order valence-corrected chi connectivity index (χ0v) is 9.07. The van der Waals surface area contributed by atoms with E-state index in [0.717, 1.165) is 10.6 Å². The molecule has 0 unspecified atom stereocenters. The lowest BCUT2D eigenvalue weighted by Crippen LogP contribution is -1.89. The van der Waals surface area contributed by atoms with E-state index in [1.54, 1.807) is 0 Å². The Kier molecular flexibility index (Phi) is 5.64. The van der Waals surface area contributed by atoms with Crippen LogP contribution in [0.2, 0.25) is 0 Å². The number of hydrogen-bond donors (Lipinski definition) is 2. The van der Waals surface area contributed by atoms with Gasteiger partial charge in [-0.3, -0.25) is 0 Å². The normalized spacial score (nSPS) is 8.42. The van der Waals surface area contributed by atoms with Gasteiger partial charge in [0.1, 0.15) is 0 Å². The lowest BCUT2D eigenvalue weighted by atomic mass is 10.2. The van der Waals surface area contributed by atoms with Crippen LogP contribution in [0.4, 0.5) is 5.69 Å². The molecular formula is C10H17NS. The van der Waals surface area contributed by atoms with Gasteiger partial charge in [-0.15, -0.1) is 12.6 Å². The van der Waals surface area contributed by atoms with Crippen molar-refractivity contribution in [3.63, 3.8) is 0 Å². The quantitative estimate of drug-likeness (QED) is 0.636. The average Bonchev–Trinajstić information content (AvgIpc) is 2.13. The molecule has 0 aliphatic heterocycles. The van der Waals surface area contributed by atoms with Crippen molar-refractivity contribution in [1.29, 1.82) is 0 Å². The summed E-state index contributed by atoms with van der Waals surface area (Å²) < 4.78 is 0. The zero-order chi connectivity index (χ0) is 9.56. The molecule has 0 fully saturated rings. The highest BCUT2D eigenvalue weighted by Gasteiger charge is 1.93. The van der Waals surface area contributed by atoms with Gasteiger partial charge in [0.2, 0.25) is 0 Å². The molecule has 0 amide bonds. The lowest BCUT2D eigenvalue weighted by Gasteiger charge is -2.03. The van der Waals surface area contributed by atoms with Crippen LogP contribution < -0.4 is 5.32 Å². The van der Waals surface area contributed by atoms with Gasteiger partial charge in [0.15, 0.2) is 0 Å². The van der Waals surface area contributed by atoms with Crippen molar-refractivity contribution >= 4 is 18.3 Å². The van der Waals surface area contributed by atoms with Gasteiger partial charge in [-0.1, -0.05) is 19.9 Å². The van der Waals surface area contributed by atoms with Crippen LogP contribution in [0.1, 0.15) is 19.4 Å². The Hall–Kier alpha value is -0.630. The minimum Gasteiger partial charge on any atom is -0.387 e. The summed E-state index contributed by atoms with van der Waals surface area (Å²) in [6, 6.07) is 6.11. The highest BCUT2D eigenvalue weighted by Crippen LogP contribution is 2.19. The summed E-state index contributed by atoms with van der Waals surface area (Å²) in [5.74, 6) is 0. The minimum atomic E-state index is 0.994. The fraction of sp³-hybridized carbons (Fsp3) is 0.400. The first-order valence-corrected chi connectivity index (χ1v) is 4.66. The third-order valence-corrected chi connectivity index (χ3v) is 1.81. The van der Waals surface area contributed by atoms with Gasteiger partial charge in [0.05, 0.1) is 0 Å². The molecule has 0 saturated heterocycles. The van der Waals surface area contributed by atoms with Crippen LogP contribution in [0.5, 0.6) is 0 Å². The molecule has 0 bridgehead atoms. The molecule has 1 aromatic carbocycles. The summed E-state index contributed by atoms with van der Waals surface area (Å²) in [5, 5.41) is 3.06. The van der Waals surface area contributed by atoms with Crippen molar-refractivity contribution in [2.45, 2.75) is 25.7 Å². The van der Waals surface area contributed by atoms with Crippen molar-refractivity contribution in [2.75, 3.05) is 12.4 Å². The molecule has 0 aliphatic rings. The highest BCUT2D eigenvalue weighted by atomic mass is 32.1. The van der Waals surface area contributed by atoms with Gasteiger partial charge in [0, 0.05) is 17.6 Å². The molecule has 0 aliphatic carbocycles. The summed E-state index contributed by atoms with van der Waals surface area (Å²) in [6.45, 7) is 6.06. The van der Waals surface area contributed by atoms with Crippen molar-refractivity contribution in [3.05, 3.63) is 23.8 Å². The summed E-state index contributed by atoms with van der Waals surface area (Å²) in [5.41, 5.74) is 2.34. The molecule has 0 spiro atoms. The maximum Gasteiger partial charge on any atom is 0.0475 e. The predicted octanol–water partition coefficient (Wildman–Crippen LogP) is 3.35. The molecule has 1 rings (SSSR count). The second-order valence-corrected chi connectivity index (χ2v) is 2.75. The number of hydrogen-bond acceptors (Lipinski definition) is 2. The van der Waals surface area contributed by atoms with Crippen LogP contribution in [0, 0.1) is 6.92 Å². The Morgan fingerprint density at radius 1 is 1.25 bits per heavy atom. The topological polar surface area (TPSA) is 12.0 Å². The molecule has 68 valence electrons. The third kappa shape index (κ3) is 3.18. The SMILES string of the molecule is CC.CNc1cc(C)ccc1S. The smallest absolute Gasteiger partial charge is 0.0475 e. The lowest BCUT2D eigenvalue weighted by molar-refractivity contribution is 1.34. The first kappa shape index (κ1) is 11.4. The predicted molar refractivity (Wildman–Crippen MR) is 59.3 cm³/mol. The van der Waals surface area contributed by atoms with Crippen LogP contribution in [-0.4, -0.2) is 7.05 Å². The molecule has 2 heteroatoms. The van der Waals surface area contributed by atoms with E-state index >= 15 is 0 Å². The van der Waals surface area contributed by atoms with E-state index in [1.807, 2.05) is 33.0 Å². The monoisotopic (exact) mass is 183 g/mol. The number of rotatable bonds is 1. The van der Waals surface area contributed by atoms with Crippen LogP contribution in [0.3, 0.4) is 0 Å². The summed E-state index contributed by atoms with van der Waals surface area (Å²) in [6.07, 6.45) is 0. The number of benzene rings is 1. The standard InChI is InChI=1S/C8H11NS.C2H6/c1-6-3-4-8(10)7(5-6)9-2;1-2/h3-5,9-10H,1-2H3;1-2H3. The summed E-state index contributed by atoms with van der Waals surface area (Å²) >= 11 is 4.26. The number of aryl methyl sites for hydroxylation is 1. The van der Waals surface area contributed by atoms with Crippen molar-refractivity contribution in [1.82, 2.24) is 0 Å². The van der Waals surface area contributed by atoms with Gasteiger partial charge >= 0.3 is 0 Å². The third-order valence-electron chi connectivity index (χ3n) is 1.42. The van der Waals surface area contributed by atoms with E-state index in [-0.39, 0.29) is 0 Å². The average molecular weight is 183 g/mol. The number of nitrogens with one attached hydrogen (secondary N) is 1. The van der Waals surface area contributed by atoms with Gasteiger partial charge < -0.3 is 5.32 Å². The van der Waals surface area contributed by atoms with Gasteiger partial charge in [-0.25, -0.2) is 0 Å². The second kappa shape index (κ2) is 5.95. The van der Waals surface area contributed by atoms with Crippen LogP contribution in [0.25, 0.3) is 0 Å². The molecule has 1 N–H and O–H groups in total. The Balaban J connectivity index is 0.000000561. The summed E-state index contributed by atoms with van der Waals surface area (Å²) in [4.78, 5) is 0.994. The first-order valence-electron chi connectivity index (χ1n) is 4.21. The van der Waals surface area contributed by atoms with Crippen LogP contribution >= 0.6 is 12.6 Å². The fourth-order valence-corrected chi connectivity index (χ4v) is 1.10. The molecule has 12 heavy (non-hydrogen) atoms. The Bertz CT molecular complexity index is 233. The van der Waals surface area contributed by atoms with Gasteiger partial charge in [-0.2, -0.15) is 0 Å². The molecule has 1 nitrogen and oxygen atoms in total. The first-order chi connectivity index (χ1) is 5.74. The molecule has 0 radical (unpaired) electrons. The highest BCUT2D eigenvalue weighted by molar-refractivity contribution is 7.80. The van der Waals surface area contributed by atoms with E-state index in [9.17, 15) is 0 Å². The van der Waals surface area contributed by atoms with Crippen LogP contribution in [0.15, 0.2) is 23.1 Å². The van der Waals surface area contributed by atoms with E-state index in [1.165, 1.54) is 5.56 Å². The number of anilines is 1. The molecule has 0 heterocycles. The maximum atomic E-state index is 4.26. The molecule has 1 aromatic rings. The van der Waals surface area contributed by atoms with E-state index in [0.29, 0.717) is 0 Å². The fourth-order valence-electron chi connectivity index (χ4n) is 0.850. The Labute approximate surface area is 80.6 Å².